The number of fused-ring (bicyclic) bond motifs is 1. The van der Waals surface area contributed by atoms with Crippen molar-refractivity contribution in [2.75, 3.05) is 5.32 Å². The van der Waals surface area contributed by atoms with Crippen LogP contribution in [0.1, 0.15) is 24.4 Å². The van der Waals surface area contributed by atoms with Gasteiger partial charge < -0.3 is 5.32 Å². The van der Waals surface area contributed by atoms with Gasteiger partial charge in [0.2, 0.25) is 0 Å². The van der Waals surface area contributed by atoms with Crippen molar-refractivity contribution in [3.63, 3.8) is 0 Å². The molecule has 6 nitrogen and oxygen atoms in total. The molecule has 0 saturated heterocycles. The fourth-order valence-electron chi connectivity index (χ4n) is 2.23. The van der Waals surface area contributed by atoms with Gasteiger partial charge in [-0.1, -0.05) is 23.7 Å². The number of aryl methyl sites for hydroxylation is 1. The van der Waals surface area contributed by atoms with Gasteiger partial charge in [-0.15, -0.1) is 0 Å². The first-order chi connectivity index (χ1) is 10.0. The maximum absolute atomic E-state index is 11.6. The van der Waals surface area contributed by atoms with Crippen LogP contribution in [0.25, 0.3) is 5.65 Å². The summed E-state index contributed by atoms with van der Waals surface area (Å²) in [5.74, 6) is 1.25. The Morgan fingerprint density at radius 1 is 1.33 bits per heavy atom. The van der Waals surface area contributed by atoms with Gasteiger partial charge in [-0.3, -0.25) is 0 Å². The smallest absolute Gasteiger partial charge is 0.349 e. The maximum atomic E-state index is 11.6. The molecule has 0 saturated carbocycles. The number of nitrogens with one attached hydrogen (secondary N) is 2. The fourth-order valence-corrected chi connectivity index (χ4v) is 2.35. The van der Waals surface area contributed by atoms with Crippen molar-refractivity contribution in [1.29, 1.82) is 0 Å². The zero-order chi connectivity index (χ0) is 15.0. The highest BCUT2D eigenvalue weighted by molar-refractivity contribution is 6.30. The highest BCUT2D eigenvalue weighted by Crippen LogP contribution is 2.20. The molecule has 3 aromatic rings. The van der Waals surface area contributed by atoms with E-state index in [0.717, 1.165) is 5.56 Å². The van der Waals surface area contributed by atoms with E-state index in [1.54, 1.807) is 13.0 Å². The number of nitrogens with zero attached hydrogens (tertiary/aromatic N) is 3. The van der Waals surface area contributed by atoms with Crippen LogP contribution >= 0.6 is 11.6 Å². The third kappa shape index (κ3) is 2.62. The molecule has 0 radical (unpaired) electrons. The van der Waals surface area contributed by atoms with Crippen molar-refractivity contribution in [3.8, 4) is 0 Å². The molecule has 0 bridgehead atoms. The Kier molecular flexibility index (Phi) is 3.39. The quantitative estimate of drug-likeness (QED) is 0.780. The molecule has 108 valence electrons. The lowest BCUT2D eigenvalue weighted by Crippen LogP contribution is -2.15. The summed E-state index contributed by atoms with van der Waals surface area (Å²) in [7, 11) is 0. The predicted octanol–water partition coefficient (Wildman–Crippen LogP) is 2.55. The molecule has 0 aliphatic heterocycles. The molecule has 0 aliphatic carbocycles. The van der Waals surface area contributed by atoms with E-state index in [2.05, 4.69) is 20.5 Å². The van der Waals surface area contributed by atoms with Crippen molar-refractivity contribution in [2.45, 2.75) is 19.9 Å². The number of hydrogen-bond donors (Lipinski definition) is 2. The number of H-pyrrole nitrogens is 1. The zero-order valence-corrected chi connectivity index (χ0v) is 12.3. The molecule has 0 amide bonds. The van der Waals surface area contributed by atoms with Crippen molar-refractivity contribution < 1.29 is 0 Å². The van der Waals surface area contributed by atoms with Gasteiger partial charge >= 0.3 is 5.69 Å². The Bertz CT molecular complexity index is 837. The van der Waals surface area contributed by atoms with Crippen molar-refractivity contribution in [3.05, 3.63) is 57.2 Å². The van der Waals surface area contributed by atoms with Gasteiger partial charge in [-0.2, -0.15) is 5.10 Å². The van der Waals surface area contributed by atoms with Gasteiger partial charge in [-0.25, -0.2) is 19.3 Å². The molecule has 7 heteroatoms. The van der Waals surface area contributed by atoms with Crippen molar-refractivity contribution in [1.82, 2.24) is 19.6 Å². The number of anilines is 1. The number of hydrogen-bond acceptors (Lipinski definition) is 4. The lowest BCUT2D eigenvalue weighted by molar-refractivity contribution is 0.860. The SMILES string of the molecule is Cc1nc(NC(C)c2ccc(Cl)cc2)cc2n[nH]c(=O)n12. The average Bonchev–Trinajstić information content (AvgIpc) is 2.81. The van der Waals surface area contributed by atoms with Crippen LogP contribution in [0.4, 0.5) is 5.82 Å². The standard InChI is InChI=1S/C14H14ClN5O/c1-8(10-3-5-11(15)6-4-10)16-12-7-13-18-19-14(21)20(13)9(2)17-12/h3-8,16H,1-2H3,(H,19,21). The summed E-state index contributed by atoms with van der Waals surface area (Å²) in [6, 6.07) is 9.42. The zero-order valence-electron chi connectivity index (χ0n) is 11.6. The van der Waals surface area contributed by atoms with Crippen LogP contribution in [-0.2, 0) is 0 Å². The molecule has 21 heavy (non-hydrogen) atoms. The summed E-state index contributed by atoms with van der Waals surface area (Å²) >= 11 is 5.89. The first kappa shape index (κ1) is 13.6. The Morgan fingerprint density at radius 2 is 2.05 bits per heavy atom. The van der Waals surface area contributed by atoms with E-state index < -0.39 is 0 Å². The van der Waals surface area contributed by atoms with Crippen LogP contribution in [0.2, 0.25) is 5.02 Å². The van der Waals surface area contributed by atoms with Crippen LogP contribution in [0.15, 0.2) is 35.1 Å². The number of aromatic amines is 1. The van der Waals surface area contributed by atoms with Gasteiger partial charge in [0.25, 0.3) is 0 Å². The number of benzene rings is 1. The summed E-state index contributed by atoms with van der Waals surface area (Å²) in [5.41, 5.74) is 1.35. The van der Waals surface area contributed by atoms with Gasteiger partial charge in [0, 0.05) is 17.1 Å². The van der Waals surface area contributed by atoms with E-state index in [9.17, 15) is 4.79 Å². The topological polar surface area (TPSA) is 75.1 Å². The molecule has 2 N–H and O–H groups in total. The third-order valence-electron chi connectivity index (χ3n) is 3.30. The summed E-state index contributed by atoms with van der Waals surface area (Å²) in [6.45, 7) is 3.79. The molecule has 0 aliphatic rings. The van der Waals surface area contributed by atoms with Crippen LogP contribution in [0.3, 0.4) is 0 Å². The van der Waals surface area contributed by atoms with Crippen LogP contribution < -0.4 is 11.0 Å². The molecule has 1 unspecified atom stereocenters. The van der Waals surface area contributed by atoms with Gasteiger partial charge in [-0.05, 0) is 31.5 Å². The van der Waals surface area contributed by atoms with Gasteiger partial charge in [0.15, 0.2) is 5.65 Å². The number of aromatic nitrogens is 4. The molecule has 3 rings (SSSR count). The molecule has 2 heterocycles. The Balaban J connectivity index is 1.91. The van der Waals surface area contributed by atoms with Gasteiger partial charge in [0.05, 0.1) is 0 Å². The first-order valence-corrected chi connectivity index (χ1v) is 6.89. The number of halogens is 1. The fraction of sp³-hybridized carbons (Fsp3) is 0.214. The summed E-state index contributed by atoms with van der Waals surface area (Å²) in [6.07, 6.45) is 0. The highest BCUT2D eigenvalue weighted by atomic mass is 35.5. The van der Waals surface area contributed by atoms with Crippen molar-refractivity contribution in [2.24, 2.45) is 0 Å². The summed E-state index contributed by atoms with van der Waals surface area (Å²) in [5, 5.41) is 10.4. The Labute approximate surface area is 125 Å². The van der Waals surface area contributed by atoms with Crippen LogP contribution in [-0.4, -0.2) is 19.6 Å². The maximum Gasteiger partial charge on any atom is 0.349 e. The van der Waals surface area contributed by atoms with E-state index in [0.29, 0.717) is 22.3 Å². The monoisotopic (exact) mass is 303 g/mol. The van der Waals surface area contributed by atoms with E-state index in [1.165, 1.54) is 4.40 Å². The molecule has 2 aromatic heterocycles. The van der Waals surface area contributed by atoms with Crippen LogP contribution in [0, 0.1) is 6.92 Å². The Morgan fingerprint density at radius 3 is 2.76 bits per heavy atom. The normalized spacial score (nSPS) is 12.5. The average molecular weight is 304 g/mol. The highest BCUT2D eigenvalue weighted by Gasteiger charge is 2.10. The molecule has 1 aromatic carbocycles. The lowest BCUT2D eigenvalue weighted by atomic mass is 10.1. The first-order valence-electron chi connectivity index (χ1n) is 6.51. The summed E-state index contributed by atoms with van der Waals surface area (Å²) in [4.78, 5) is 15.9. The van der Waals surface area contributed by atoms with Crippen molar-refractivity contribution >= 4 is 23.1 Å². The minimum atomic E-state index is -0.285. The van der Waals surface area contributed by atoms with E-state index in [-0.39, 0.29) is 11.7 Å². The minimum absolute atomic E-state index is 0.0577. The van der Waals surface area contributed by atoms with Gasteiger partial charge in [0.1, 0.15) is 11.6 Å². The lowest BCUT2D eigenvalue weighted by Gasteiger charge is -2.15. The van der Waals surface area contributed by atoms with E-state index in [4.69, 9.17) is 11.6 Å². The molecular formula is C14H14ClN5O. The molecule has 0 fully saturated rings. The second-order valence-electron chi connectivity index (χ2n) is 4.83. The number of rotatable bonds is 3. The van der Waals surface area contributed by atoms with Crippen LogP contribution in [0.5, 0.6) is 0 Å². The Hall–Kier alpha value is -2.34. The molecular weight excluding hydrogens is 290 g/mol. The summed E-state index contributed by atoms with van der Waals surface area (Å²) < 4.78 is 1.43. The van der Waals surface area contributed by atoms with E-state index in [1.807, 2.05) is 31.2 Å². The molecule has 0 spiro atoms. The predicted molar refractivity (Wildman–Crippen MR) is 81.8 cm³/mol. The second-order valence-corrected chi connectivity index (χ2v) is 5.26. The second kappa shape index (κ2) is 5.21. The minimum Gasteiger partial charge on any atom is -0.363 e. The third-order valence-corrected chi connectivity index (χ3v) is 3.56. The molecule has 1 atom stereocenters. The van der Waals surface area contributed by atoms with E-state index >= 15 is 0 Å². The largest absolute Gasteiger partial charge is 0.363 e.